The second-order valence-corrected chi connectivity index (χ2v) is 5.33. The Kier molecular flexibility index (Phi) is 3.96. The number of piperidine rings is 1. The van der Waals surface area contributed by atoms with E-state index in [-0.39, 0.29) is 0 Å². The molecule has 0 spiro atoms. The highest BCUT2D eigenvalue weighted by atomic mass is 16.3. The number of rotatable bonds is 3. The van der Waals surface area contributed by atoms with Gasteiger partial charge in [0, 0.05) is 13.1 Å². The Hall–Kier alpha value is -0.0800. The Labute approximate surface area is 88.3 Å². The van der Waals surface area contributed by atoms with Crippen molar-refractivity contribution < 1.29 is 5.11 Å². The topological polar surface area (TPSA) is 23.5 Å². The summed E-state index contributed by atoms with van der Waals surface area (Å²) in [6.45, 7) is 11.8. The summed E-state index contributed by atoms with van der Waals surface area (Å²) in [5.74, 6) is 1.62. The minimum atomic E-state index is -0.500. The van der Waals surface area contributed by atoms with Crippen LogP contribution in [0.15, 0.2) is 0 Å². The normalized spacial score (nSPS) is 34.1. The average molecular weight is 199 g/mol. The van der Waals surface area contributed by atoms with Gasteiger partial charge in [0.05, 0.1) is 5.60 Å². The van der Waals surface area contributed by atoms with Crippen LogP contribution >= 0.6 is 0 Å². The summed E-state index contributed by atoms with van der Waals surface area (Å²) in [6, 6.07) is 0. The van der Waals surface area contributed by atoms with Crippen molar-refractivity contribution in [1.82, 2.24) is 4.90 Å². The molecule has 0 bridgehead atoms. The van der Waals surface area contributed by atoms with Gasteiger partial charge in [-0.15, -0.1) is 0 Å². The molecule has 14 heavy (non-hydrogen) atoms. The summed E-state index contributed by atoms with van der Waals surface area (Å²) in [5.41, 5.74) is -0.500. The molecule has 0 aromatic carbocycles. The van der Waals surface area contributed by atoms with Crippen LogP contribution in [0.2, 0.25) is 0 Å². The first-order valence-corrected chi connectivity index (χ1v) is 5.89. The van der Waals surface area contributed by atoms with Gasteiger partial charge in [0.2, 0.25) is 0 Å². The molecule has 1 N–H and O–H groups in total. The Morgan fingerprint density at radius 2 is 2.00 bits per heavy atom. The van der Waals surface area contributed by atoms with Crippen molar-refractivity contribution in [2.75, 3.05) is 19.6 Å². The van der Waals surface area contributed by atoms with E-state index in [1.165, 1.54) is 6.42 Å². The fraction of sp³-hybridized carbons (Fsp3) is 1.00. The molecule has 1 saturated heterocycles. The second kappa shape index (κ2) is 4.63. The Bertz CT molecular complexity index is 179. The van der Waals surface area contributed by atoms with Crippen molar-refractivity contribution in [2.24, 2.45) is 11.8 Å². The molecule has 1 fully saturated rings. The van der Waals surface area contributed by atoms with Crippen LogP contribution in [0.1, 0.15) is 40.5 Å². The van der Waals surface area contributed by atoms with Gasteiger partial charge in [-0.3, -0.25) is 0 Å². The van der Waals surface area contributed by atoms with Gasteiger partial charge in [-0.05, 0) is 38.1 Å². The van der Waals surface area contributed by atoms with E-state index in [1.54, 1.807) is 0 Å². The maximum absolute atomic E-state index is 9.99. The zero-order chi connectivity index (χ0) is 10.8. The van der Waals surface area contributed by atoms with E-state index in [0.29, 0.717) is 0 Å². The fourth-order valence-electron chi connectivity index (χ4n) is 2.09. The van der Waals surface area contributed by atoms with E-state index in [0.717, 1.165) is 37.9 Å². The first-order chi connectivity index (χ1) is 6.44. The highest BCUT2D eigenvalue weighted by Crippen LogP contribution is 2.24. The summed E-state index contributed by atoms with van der Waals surface area (Å²) < 4.78 is 0. The zero-order valence-corrected chi connectivity index (χ0v) is 10.1. The van der Waals surface area contributed by atoms with E-state index >= 15 is 0 Å². The third-order valence-electron chi connectivity index (χ3n) is 3.74. The zero-order valence-electron chi connectivity index (χ0n) is 10.1. The number of likely N-dealkylation sites (tertiary alicyclic amines) is 1. The summed E-state index contributed by atoms with van der Waals surface area (Å²) in [7, 11) is 0. The third-order valence-corrected chi connectivity index (χ3v) is 3.74. The molecule has 1 heterocycles. The maximum Gasteiger partial charge on any atom is 0.0743 e. The predicted molar refractivity (Wildman–Crippen MR) is 60.3 cm³/mol. The van der Waals surface area contributed by atoms with Gasteiger partial charge < -0.3 is 10.0 Å². The first-order valence-electron chi connectivity index (χ1n) is 5.89. The molecule has 0 aromatic heterocycles. The largest absolute Gasteiger partial charge is 0.389 e. The fourth-order valence-corrected chi connectivity index (χ4v) is 2.09. The number of nitrogens with zero attached hydrogens (tertiary/aromatic N) is 1. The number of hydrogen-bond acceptors (Lipinski definition) is 2. The Morgan fingerprint density at radius 3 is 2.50 bits per heavy atom. The number of aliphatic hydroxyl groups is 1. The van der Waals surface area contributed by atoms with Crippen molar-refractivity contribution >= 4 is 0 Å². The van der Waals surface area contributed by atoms with Crippen LogP contribution in [0.3, 0.4) is 0 Å². The van der Waals surface area contributed by atoms with Crippen LogP contribution in [0, 0.1) is 11.8 Å². The van der Waals surface area contributed by atoms with Crippen LogP contribution in [0.5, 0.6) is 0 Å². The average Bonchev–Trinajstić information content (AvgIpc) is 2.11. The first kappa shape index (κ1) is 12.0. The Morgan fingerprint density at radius 1 is 1.36 bits per heavy atom. The molecule has 1 aliphatic heterocycles. The lowest BCUT2D eigenvalue weighted by Crippen LogP contribution is -2.46. The second-order valence-electron chi connectivity index (χ2n) is 5.33. The van der Waals surface area contributed by atoms with Crippen molar-refractivity contribution in [1.29, 1.82) is 0 Å². The molecule has 0 amide bonds. The van der Waals surface area contributed by atoms with Crippen LogP contribution in [-0.4, -0.2) is 35.2 Å². The molecular weight excluding hydrogens is 174 g/mol. The molecule has 84 valence electrons. The molecule has 1 rings (SSSR count). The van der Waals surface area contributed by atoms with E-state index in [9.17, 15) is 5.11 Å². The van der Waals surface area contributed by atoms with Gasteiger partial charge in [0.1, 0.15) is 0 Å². The van der Waals surface area contributed by atoms with Gasteiger partial charge in [-0.2, -0.15) is 0 Å². The monoisotopic (exact) mass is 199 g/mol. The molecule has 2 heteroatoms. The van der Waals surface area contributed by atoms with Gasteiger partial charge in [0.25, 0.3) is 0 Å². The van der Waals surface area contributed by atoms with Gasteiger partial charge >= 0.3 is 0 Å². The van der Waals surface area contributed by atoms with E-state index in [2.05, 4.69) is 25.7 Å². The molecule has 0 aromatic rings. The molecule has 1 aliphatic rings. The molecule has 3 unspecified atom stereocenters. The van der Waals surface area contributed by atoms with Gasteiger partial charge in [0.15, 0.2) is 0 Å². The van der Waals surface area contributed by atoms with E-state index in [1.807, 2.05) is 6.92 Å². The summed E-state index contributed by atoms with van der Waals surface area (Å²) in [5, 5.41) is 9.99. The molecule has 0 radical (unpaired) electrons. The van der Waals surface area contributed by atoms with Crippen molar-refractivity contribution in [3.63, 3.8) is 0 Å². The van der Waals surface area contributed by atoms with Crippen LogP contribution in [0.25, 0.3) is 0 Å². The van der Waals surface area contributed by atoms with Crippen molar-refractivity contribution in [3.8, 4) is 0 Å². The predicted octanol–water partition coefficient (Wildman–Crippen LogP) is 2.13. The van der Waals surface area contributed by atoms with Gasteiger partial charge in [-0.25, -0.2) is 0 Å². The molecular formula is C12H25NO. The van der Waals surface area contributed by atoms with Crippen LogP contribution in [0.4, 0.5) is 0 Å². The quantitative estimate of drug-likeness (QED) is 0.752. The standard InChI is InChI=1S/C12H25NO/c1-5-12(4,14)9-13-7-6-10(2)11(3)8-13/h10-11,14H,5-9H2,1-4H3. The number of β-amino-alcohol motifs (C(OH)–C–C–N with tert-alkyl or cyclic N) is 1. The SMILES string of the molecule is CCC(C)(O)CN1CCC(C)C(C)C1. The minimum Gasteiger partial charge on any atom is -0.389 e. The Balaban J connectivity index is 2.40. The number of hydrogen-bond donors (Lipinski definition) is 1. The highest BCUT2D eigenvalue weighted by Gasteiger charge is 2.27. The summed E-state index contributed by atoms with van der Waals surface area (Å²) in [4.78, 5) is 2.41. The molecule has 3 atom stereocenters. The molecule has 0 aliphatic carbocycles. The van der Waals surface area contributed by atoms with Crippen LogP contribution < -0.4 is 0 Å². The summed E-state index contributed by atoms with van der Waals surface area (Å²) >= 11 is 0. The lowest BCUT2D eigenvalue weighted by Gasteiger charge is -2.38. The van der Waals surface area contributed by atoms with Crippen molar-refractivity contribution in [3.05, 3.63) is 0 Å². The molecule has 0 saturated carbocycles. The van der Waals surface area contributed by atoms with Gasteiger partial charge in [-0.1, -0.05) is 20.8 Å². The lowest BCUT2D eigenvalue weighted by molar-refractivity contribution is -0.00127. The van der Waals surface area contributed by atoms with Crippen molar-refractivity contribution in [2.45, 2.75) is 46.1 Å². The minimum absolute atomic E-state index is 0.500. The lowest BCUT2D eigenvalue weighted by atomic mass is 9.88. The third kappa shape index (κ3) is 3.25. The highest BCUT2D eigenvalue weighted by molar-refractivity contribution is 4.81. The van der Waals surface area contributed by atoms with Crippen LogP contribution in [-0.2, 0) is 0 Å². The van der Waals surface area contributed by atoms with E-state index < -0.39 is 5.60 Å². The maximum atomic E-state index is 9.99. The molecule has 2 nitrogen and oxygen atoms in total. The smallest absolute Gasteiger partial charge is 0.0743 e. The summed E-state index contributed by atoms with van der Waals surface area (Å²) in [6.07, 6.45) is 2.12. The van der Waals surface area contributed by atoms with E-state index in [4.69, 9.17) is 0 Å².